The molecule has 0 saturated heterocycles. The quantitative estimate of drug-likeness (QED) is 0.102. The average molecular weight is 1060 g/mol. The van der Waals surface area contributed by atoms with E-state index in [0.717, 1.165) is 0 Å². The molecule has 0 aliphatic heterocycles. The van der Waals surface area contributed by atoms with Gasteiger partial charge in [-0.1, -0.05) is 59.9 Å². The number of aromatic hydroxyl groups is 1. The smallest absolute Gasteiger partial charge is 0.416 e. The topological polar surface area (TPSA) is 33.3 Å². The highest BCUT2D eigenvalue weighted by Gasteiger charge is 2.47. The van der Waals surface area contributed by atoms with Gasteiger partial charge in [0.15, 0.2) is 0 Å². The minimum atomic E-state index is -6.13. The van der Waals surface area contributed by atoms with Crippen LogP contribution in [0.4, 0.5) is 105 Å². The molecule has 0 fully saturated rings. The Morgan fingerprint density at radius 2 is 0.586 bits per heavy atom. The molecule has 1 aromatic heterocycles. The molecular formula is C41H20BF24NO2S. The minimum absolute atomic E-state index is 0.239. The summed E-state index contributed by atoms with van der Waals surface area (Å²) in [7, 11) is 0. The fourth-order valence-electron chi connectivity index (χ4n) is 6.98. The molecule has 0 amide bonds. The Hall–Kier alpha value is -6.29. The first-order valence-electron chi connectivity index (χ1n) is 18.4. The zero-order valence-electron chi connectivity index (χ0n) is 33.3. The van der Waals surface area contributed by atoms with Gasteiger partial charge in [0.05, 0.1) is 49.9 Å². The second kappa shape index (κ2) is 18.5. The molecule has 0 unspecified atom stereocenters. The van der Waals surface area contributed by atoms with Gasteiger partial charge in [0.1, 0.15) is 11.9 Å². The SMILES string of the molecule is FC(F)(F)c1cc([B-](c2cc(C(F)(F)F)cc(C(F)(F)F)c2)(c2cc(C(F)(F)F)cc(C(F)(F)F)c2)c2cc(C(F)(F)F)cc(C(F)(F)F)c2)cc(C(F)(F)F)c1.Oc1ccc(O[n+]2ccsc2)cc1. The van der Waals surface area contributed by atoms with Gasteiger partial charge in [-0.05, 0) is 48.5 Å². The van der Waals surface area contributed by atoms with Crippen LogP contribution in [0.2, 0.25) is 0 Å². The van der Waals surface area contributed by atoms with E-state index in [9.17, 15) is 105 Å². The fraction of sp³-hybridized carbons (Fsp3) is 0.195. The molecule has 0 bridgehead atoms. The third kappa shape index (κ3) is 12.5. The van der Waals surface area contributed by atoms with Crippen molar-refractivity contribution in [3.8, 4) is 11.5 Å². The number of phenols is 1. The second-order valence-corrected chi connectivity index (χ2v) is 15.4. The summed E-state index contributed by atoms with van der Waals surface area (Å²) < 4.78 is 342. The molecule has 70 heavy (non-hydrogen) atoms. The van der Waals surface area contributed by atoms with Gasteiger partial charge in [0.2, 0.25) is 11.9 Å². The maximum Gasteiger partial charge on any atom is 0.416 e. The fourth-order valence-corrected chi connectivity index (χ4v) is 7.47. The molecule has 378 valence electrons. The molecule has 1 heterocycles. The van der Waals surface area contributed by atoms with E-state index in [1.54, 1.807) is 40.3 Å². The van der Waals surface area contributed by atoms with Crippen molar-refractivity contribution in [2.45, 2.75) is 49.4 Å². The summed E-state index contributed by atoms with van der Waals surface area (Å²) >= 11 is 1.55. The van der Waals surface area contributed by atoms with Crippen LogP contribution in [0, 0.1) is 0 Å². The molecule has 0 saturated carbocycles. The van der Waals surface area contributed by atoms with Crippen LogP contribution < -0.4 is 31.4 Å². The van der Waals surface area contributed by atoms with E-state index in [4.69, 9.17) is 9.94 Å². The summed E-state index contributed by atoms with van der Waals surface area (Å²) in [5.74, 6) is 0.934. The maximum atomic E-state index is 14.2. The number of halogens is 24. The van der Waals surface area contributed by atoms with Crippen molar-refractivity contribution in [2.24, 2.45) is 0 Å². The third-order valence-corrected chi connectivity index (χ3v) is 10.5. The van der Waals surface area contributed by atoms with Crippen LogP contribution in [0.15, 0.2) is 114 Å². The van der Waals surface area contributed by atoms with Gasteiger partial charge in [0.25, 0.3) is 5.51 Å². The molecule has 0 spiro atoms. The molecule has 6 aromatic rings. The first-order chi connectivity index (χ1) is 31.6. The zero-order valence-corrected chi connectivity index (χ0v) is 34.1. The summed E-state index contributed by atoms with van der Waals surface area (Å²) in [5, 5.41) is 10.9. The molecule has 0 radical (unpaired) electrons. The van der Waals surface area contributed by atoms with Crippen molar-refractivity contribution >= 4 is 39.3 Å². The lowest BCUT2D eigenvalue weighted by atomic mass is 9.12. The van der Waals surface area contributed by atoms with E-state index in [2.05, 4.69) is 0 Å². The Kier molecular flexibility index (Phi) is 14.4. The lowest BCUT2D eigenvalue weighted by Crippen LogP contribution is -2.75. The number of rotatable bonds is 6. The van der Waals surface area contributed by atoms with Crippen LogP contribution >= 0.6 is 11.3 Å². The number of hydrogen-bond donors (Lipinski definition) is 1. The highest BCUT2D eigenvalue weighted by Crippen LogP contribution is 2.41. The lowest BCUT2D eigenvalue weighted by molar-refractivity contribution is -0.871. The largest absolute Gasteiger partial charge is 0.508 e. The second-order valence-electron chi connectivity index (χ2n) is 14.7. The van der Waals surface area contributed by atoms with Crippen LogP contribution in [0.3, 0.4) is 0 Å². The Balaban J connectivity index is 0.000000600. The monoisotopic (exact) mass is 1060 g/mol. The minimum Gasteiger partial charge on any atom is -0.508 e. The van der Waals surface area contributed by atoms with Crippen molar-refractivity contribution in [3.63, 3.8) is 0 Å². The Labute approximate surface area is 378 Å². The molecular weight excluding hydrogens is 1040 g/mol. The van der Waals surface area contributed by atoms with Crippen molar-refractivity contribution in [3.05, 3.63) is 159 Å². The number of thiazole rings is 1. The van der Waals surface area contributed by atoms with Crippen molar-refractivity contribution in [1.82, 2.24) is 0 Å². The molecule has 0 aliphatic rings. The summed E-state index contributed by atoms with van der Waals surface area (Å²) in [4.78, 5) is 5.39. The number of benzene rings is 5. The van der Waals surface area contributed by atoms with Crippen molar-refractivity contribution in [2.75, 3.05) is 0 Å². The predicted octanol–water partition coefficient (Wildman–Crippen LogP) is 12.8. The molecule has 6 rings (SSSR count). The lowest BCUT2D eigenvalue weighted by Gasteiger charge is -2.46. The molecule has 29 heteroatoms. The Morgan fingerprint density at radius 1 is 0.357 bits per heavy atom. The summed E-state index contributed by atoms with van der Waals surface area (Å²) in [6, 6.07) is -2.22. The normalized spacial score (nSPS) is 13.5. The van der Waals surface area contributed by atoms with Gasteiger partial charge >= 0.3 is 49.4 Å². The zero-order chi connectivity index (χ0) is 53.0. The number of hydrogen-bond acceptors (Lipinski definition) is 3. The van der Waals surface area contributed by atoms with E-state index in [0.29, 0.717) is 5.75 Å². The van der Waals surface area contributed by atoms with Gasteiger partial charge in [-0.2, -0.15) is 127 Å². The molecule has 1 N–H and O–H groups in total. The van der Waals surface area contributed by atoms with E-state index < -0.39 is 195 Å². The van der Waals surface area contributed by atoms with E-state index in [1.807, 2.05) is 17.1 Å². The van der Waals surface area contributed by atoms with Crippen molar-refractivity contribution < 1.29 is 120 Å². The van der Waals surface area contributed by atoms with Crippen molar-refractivity contribution in [1.29, 1.82) is 0 Å². The summed E-state index contributed by atoms with van der Waals surface area (Å²) in [6.07, 6.45) is -53.0. The van der Waals surface area contributed by atoms with E-state index in [-0.39, 0.29) is 5.75 Å². The average Bonchev–Trinajstić information content (AvgIpc) is 3.72. The summed E-state index contributed by atoms with van der Waals surface area (Å²) in [5.41, 5.74) is -28.4. The first kappa shape index (κ1) is 54.7. The van der Waals surface area contributed by atoms with Crippen LogP contribution in [-0.2, 0) is 49.4 Å². The molecule has 0 aliphatic carbocycles. The Morgan fingerprint density at radius 3 is 0.771 bits per heavy atom. The van der Waals surface area contributed by atoms with Gasteiger partial charge in [-0.25, -0.2) is 4.84 Å². The predicted molar refractivity (Wildman–Crippen MR) is 199 cm³/mol. The van der Waals surface area contributed by atoms with Crippen LogP contribution in [-0.4, -0.2) is 11.3 Å². The molecule has 0 atom stereocenters. The Bertz CT molecular complexity index is 2360. The highest BCUT2D eigenvalue weighted by atomic mass is 32.1. The summed E-state index contributed by atoms with van der Waals surface area (Å²) in [6.45, 7) is 0. The van der Waals surface area contributed by atoms with Crippen LogP contribution in [0.1, 0.15) is 44.5 Å². The molecule has 3 nitrogen and oxygen atoms in total. The number of alkyl halides is 24. The van der Waals surface area contributed by atoms with Gasteiger partial charge in [-0.15, -0.1) is 0 Å². The van der Waals surface area contributed by atoms with Gasteiger partial charge in [0, 0.05) is 4.73 Å². The standard InChI is InChI=1S/C32H12BF24.C9H7NO2S/c34-25(35,36)13-1-14(26(37,38)39)6-21(5-13)33(22-7-15(27(40,41)42)2-16(8-22)28(43,44)45,23-9-17(29(46,47)48)3-18(10-23)30(49,50)51)24-11-19(31(52,53)54)4-20(12-24)32(55,56)57;11-8-1-3-9(4-2-8)12-10-5-6-13-7-10/h1-12H;1-7H/q-1;/p+1. The third-order valence-electron chi connectivity index (χ3n) is 9.94. The van der Waals surface area contributed by atoms with E-state index >= 15 is 0 Å². The van der Waals surface area contributed by atoms with Gasteiger partial charge < -0.3 is 5.11 Å². The highest BCUT2D eigenvalue weighted by molar-refractivity contribution is 7.20. The van der Waals surface area contributed by atoms with Crippen LogP contribution in [0.25, 0.3) is 0 Å². The number of aromatic nitrogens is 1. The number of nitrogens with zero attached hydrogens (tertiary/aromatic N) is 1. The molecule has 5 aromatic carbocycles. The van der Waals surface area contributed by atoms with E-state index in [1.165, 1.54) is 0 Å². The van der Waals surface area contributed by atoms with Gasteiger partial charge in [-0.3, -0.25) is 0 Å². The van der Waals surface area contributed by atoms with Crippen LogP contribution in [0.5, 0.6) is 11.5 Å². The maximum absolute atomic E-state index is 14.2. The first-order valence-corrected chi connectivity index (χ1v) is 19.3. The number of phenolic OH excluding ortho intramolecular Hbond substituents is 1.